The SMILES string of the molecule is Cc1cc(C(=O)c2cc(Cl)c(Br)s2)ccc1N. The summed E-state index contributed by atoms with van der Waals surface area (Å²) in [5.41, 5.74) is 7.93. The van der Waals surface area contributed by atoms with Crippen molar-refractivity contribution in [2.45, 2.75) is 6.92 Å². The fourth-order valence-electron chi connectivity index (χ4n) is 1.42. The maximum absolute atomic E-state index is 12.2. The van der Waals surface area contributed by atoms with Crippen molar-refractivity contribution in [1.29, 1.82) is 0 Å². The van der Waals surface area contributed by atoms with E-state index in [1.807, 2.05) is 6.92 Å². The molecule has 1 heterocycles. The lowest BCUT2D eigenvalue weighted by Crippen LogP contribution is -2.00. The van der Waals surface area contributed by atoms with Crippen LogP contribution >= 0.6 is 38.9 Å². The van der Waals surface area contributed by atoms with Crippen molar-refractivity contribution in [2.24, 2.45) is 0 Å². The van der Waals surface area contributed by atoms with Crippen molar-refractivity contribution in [1.82, 2.24) is 0 Å². The smallest absolute Gasteiger partial charge is 0.203 e. The van der Waals surface area contributed by atoms with Gasteiger partial charge in [0.05, 0.1) is 13.7 Å². The monoisotopic (exact) mass is 329 g/mol. The number of carbonyl (C=O) groups is 1. The molecule has 2 N–H and O–H groups in total. The summed E-state index contributed by atoms with van der Waals surface area (Å²) in [6, 6.07) is 6.93. The molecule has 0 bridgehead atoms. The van der Waals surface area contributed by atoms with E-state index in [4.69, 9.17) is 17.3 Å². The molecule has 0 saturated carbocycles. The second-order valence-corrected chi connectivity index (χ2v) is 6.41. The molecular weight excluding hydrogens is 322 g/mol. The number of hydrogen-bond acceptors (Lipinski definition) is 3. The first-order valence-corrected chi connectivity index (χ1v) is 6.83. The van der Waals surface area contributed by atoms with E-state index >= 15 is 0 Å². The lowest BCUT2D eigenvalue weighted by molar-refractivity contribution is 0.104. The first-order chi connectivity index (χ1) is 7.99. The first-order valence-electron chi connectivity index (χ1n) is 4.84. The third kappa shape index (κ3) is 2.54. The van der Waals surface area contributed by atoms with Crippen LogP contribution in [0.3, 0.4) is 0 Å². The van der Waals surface area contributed by atoms with Gasteiger partial charge in [-0.1, -0.05) is 11.6 Å². The van der Waals surface area contributed by atoms with Crippen molar-refractivity contribution in [3.05, 3.63) is 49.1 Å². The second-order valence-electron chi connectivity index (χ2n) is 3.63. The lowest BCUT2D eigenvalue weighted by atomic mass is 10.1. The molecule has 1 aromatic carbocycles. The molecule has 0 amide bonds. The minimum atomic E-state index is -0.0364. The standard InChI is InChI=1S/C12H9BrClNOS/c1-6-4-7(2-3-9(6)15)11(16)10-5-8(14)12(13)17-10/h2-5H,15H2,1H3. The van der Waals surface area contributed by atoms with Crippen molar-refractivity contribution >= 4 is 50.3 Å². The highest BCUT2D eigenvalue weighted by Crippen LogP contribution is 2.33. The van der Waals surface area contributed by atoms with Crippen molar-refractivity contribution in [3.63, 3.8) is 0 Å². The highest BCUT2D eigenvalue weighted by molar-refractivity contribution is 9.11. The molecule has 5 heteroatoms. The summed E-state index contributed by atoms with van der Waals surface area (Å²) in [6.07, 6.45) is 0. The van der Waals surface area contributed by atoms with E-state index < -0.39 is 0 Å². The Kier molecular flexibility index (Phi) is 3.56. The molecule has 2 aromatic rings. The fraction of sp³-hybridized carbons (Fsp3) is 0.0833. The zero-order chi connectivity index (χ0) is 12.6. The van der Waals surface area contributed by atoms with Crippen LogP contribution in [0.2, 0.25) is 5.02 Å². The fourth-order valence-corrected chi connectivity index (χ4v) is 3.08. The molecule has 0 aliphatic heterocycles. The van der Waals surface area contributed by atoms with Crippen LogP contribution in [0, 0.1) is 6.92 Å². The molecule has 0 saturated heterocycles. The summed E-state index contributed by atoms with van der Waals surface area (Å²) in [7, 11) is 0. The quantitative estimate of drug-likeness (QED) is 0.659. The Hall–Kier alpha value is -0.840. The van der Waals surface area contributed by atoms with Crippen LogP contribution in [0.4, 0.5) is 5.69 Å². The topological polar surface area (TPSA) is 43.1 Å². The summed E-state index contributed by atoms with van der Waals surface area (Å²) in [5, 5.41) is 0.561. The minimum absolute atomic E-state index is 0.0364. The van der Waals surface area contributed by atoms with Crippen molar-refractivity contribution in [3.8, 4) is 0 Å². The van der Waals surface area contributed by atoms with Gasteiger partial charge in [-0.15, -0.1) is 11.3 Å². The lowest BCUT2D eigenvalue weighted by Gasteiger charge is -2.02. The molecule has 0 aliphatic carbocycles. The summed E-state index contributed by atoms with van der Waals surface area (Å²) in [5.74, 6) is -0.0364. The number of halogens is 2. The van der Waals surface area contributed by atoms with Gasteiger partial charge in [-0.25, -0.2) is 0 Å². The van der Waals surface area contributed by atoms with E-state index in [0.717, 1.165) is 9.35 Å². The van der Waals surface area contributed by atoms with E-state index in [-0.39, 0.29) is 5.78 Å². The summed E-state index contributed by atoms with van der Waals surface area (Å²) >= 11 is 10.5. The zero-order valence-corrected chi connectivity index (χ0v) is 12.1. The number of anilines is 1. The Morgan fingerprint density at radius 1 is 1.41 bits per heavy atom. The number of nitrogen functional groups attached to an aromatic ring is 1. The molecule has 0 aliphatic rings. The van der Waals surface area contributed by atoms with E-state index in [1.165, 1.54) is 11.3 Å². The first kappa shape index (κ1) is 12.6. The number of ketones is 1. The number of benzene rings is 1. The molecular formula is C12H9BrClNOS. The normalized spacial score (nSPS) is 10.5. The van der Waals surface area contributed by atoms with Gasteiger partial charge < -0.3 is 5.73 Å². The van der Waals surface area contributed by atoms with E-state index in [0.29, 0.717) is 21.2 Å². The molecule has 2 nitrogen and oxygen atoms in total. The number of carbonyl (C=O) groups excluding carboxylic acids is 1. The van der Waals surface area contributed by atoms with Crippen LogP contribution in [0.25, 0.3) is 0 Å². The average molecular weight is 331 g/mol. The van der Waals surface area contributed by atoms with Crippen LogP contribution in [0.5, 0.6) is 0 Å². The third-order valence-electron chi connectivity index (χ3n) is 2.40. The van der Waals surface area contributed by atoms with Crippen molar-refractivity contribution in [2.75, 3.05) is 5.73 Å². The number of hydrogen-bond donors (Lipinski definition) is 1. The summed E-state index contributed by atoms with van der Waals surface area (Å²) in [6.45, 7) is 1.88. The van der Waals surface area contributed by atoms with Gasteiger partial charge in [0.15, 0.2) is 0 Å². The number of aryl methyl sites for hydroxylation is 1. The molecule has 88 valence electrons. The van der Waals surface area contributed by atoms with Gasteiger partial charge in [0.2, 0.25) is 5.78 Å². The van der Waals surface area contributed by atoms with E-state index in [9.17, 15) is 4.79 Å². The Morgan fingerprint density at radius 3 is 2.65 bits per heavy atom. The van der Waals surface area contributed by atoms with E-state index in [2.05, 4.69) is 15.9 Å². The molecule has 2 rings (SSSR count). The Morgan fingerprint density at radius 2 is 2.12 bits per heavy atom. The number of nitrogens with two attached hydrogens (primary N) is 1. The van der Waals surface area contributed by atoms with Crippen LogP contribution in [-0.2, 0) is 0 Å². The molecule has 0 atom stereocenters. The van der Waals surface area contributed by atoms with Crippen LogP contribution in [0.15, 0.2) is 28.1 Å². The Balaban J connectivity index is 2.40. The molecule has 17 heavy (non-hydrogen) atoms. The van der Waals surface area contributed by atoms with Gasteiger partial charge in [0.25, 0.3) is 0 Å². The molecule has 0 fully saturated rings. The van der Waals surface area contributed by atoms with Crippen LogP contribution in [-0.4, -0.2) is 5.78 Å². The maximum atomic E-state index is 12.2. The van der Waals surface area contributed by atoms with Gasteiger partial charge in [-0.3, -0.25) is 4.79 Å². The molecule has 0 radical (unpaired) electrons. The number of rotatable bonds is 2. The summed E-state index contributed by atoms with van der Waals surface area (Å²) in [4.78, 5) is 12.8. The molecule has 1 aromatic heterocycles. The van der Waals surface area contributed by atoms with Gasteiger partial charge in [0, 0.05) is 11.3 Å². The number of thiophene rings is 1. The zero-order valence-electron chi connectivity index (χ0n) is 8.96. The Labute approximate surface area is 117 Å². The predicted octanol–water partition coefficient (Wildman–Crippen LogP) is 4.29. The average Bonchev–Trinajstić information content (AvgIpc) is 2.62. The van der Waals surface area contributed by atoms with E-state index in [1.54, 1.807) is 24.3 Å². The Bertz CT molecular complexity index is 575. The highest BCUT2D eigenvalue weighted by Gasteiger charge is 2.14. The largest absolute Gasteiger partial charge is 0.399 e. The minimum Gasteiger partial charge on any atom is -0.399 e. The van der Waals surface area contributed by atoms with Crippen LogP contribution < -0.4 is 5.73 Å². The molecule has 0 spiro atoms. The van der Waals surface area contributed by atoms with Gasteiger partial charge in [-0.05, 0) is 52.7 Å². The van der Waals surface area contributed by atoms with Gasteiger partial charge >= 0.3 is 0 Å². The summed E-state index contributed by atoms with van der Waals surface area (Å²) < 4.78 is 0.773. The molecule has 0 unspecified atom stereocenters. The third-order valence-corrected chi connectivity index (χ3v) is 4.87. The highest BCUT2D eigenvalue weighted by atomic mass is 79.9. The second kappa shape index (κ2) is 4.80. The van der Waals surface area contributed by atoms with Gasteiger partial charge in [0.1, 0.15) is 0 Å². The van der Waals surface area contributed by atoms with Crippen LogP contribution in [0.1, 0.15) is 20.8 Å². The van der Waals surface area contributed by atoms with Gasteiger partial charge in [-0.2, -0.15) is 0 Å². The van der Waals surface area contributed by atoms with Crippen molar-refractivity contribution < 1.29 is 4.79 Å². The predicted molar refractivity (Wildman–Crippen MR) is 76.1 cm³/mol. The maximum Gasteiger partial charge on any atom is 0.203 e.